The summed E-state index contributed by atoms with van der Waals surface area (Å²) in [5, 5.41) is 7.84. The second-order valence-electron chi connectivity index (χ2n) is 6.86. The van der Waals surface area contributed by atoms with Crippen LogP contribution >= 0.6 is 11.6 Å². The van der Waals surface area contributed by atoms with E-state index in [1.807, 2.05) is 23.6 Å². The molecule has 1 saturated carbocycles. The molecule has 3 aromatic rings. The van der Waals surface area contributed by atoms with E-state index in [2.05, 4.69) is 21.5 Å². The van der Waals surface area contributed by atoms with Gasteiger partial charge in [0, 0.05) is 11.7 Å². The van der Waals surface area contributed by atoms with Crippen molar-refractivity contribution in [3.63, 3.8) is 0 Å². The number of furan rings is 1. The number of aromatic nitrogens is 3. The minimum atomic E-state index is 0.187. The fraction of sp³-hybridized carbons (Fsp3) is 0.444. The molecule has 6 nitrogen and oxygen atoms in total. The predicted octanol–water partition coefficient (Wildman–Crippen LogP) is 3.57. The molecule has 0 bridgehead atoms. The van der Waals surface area contributed by atoms with Crippen molar-refractivity contribution < 1.29 is 4.42 Å². The lowest BCUT2D eigenvalue weighted by Crippen LogP contribution is -2.23. The number of rotatable bonds is 7. The SMILES string of the molecule is Cc1c(CC(N)CC2CC2)cc2c(NCc3ccco3)nc(Cl)nn12. The summed E-state index contributed by atoms with van der Waals surface area (Å²) in [5.74, 6) is 2.36. The number of anilines is 1. The molecule has 3 N–H and O–H groups in total. The maximum Gasteiger partial charge on any atom is 0.243 e. The van der Waals surface area contributed by atoms with Gasteiger partial charge in [0.05, 0.1) is 12.8 Å². The summed E-state index contributed by atoms with van der Waals surface area (Å²) in [6.45, 7) is 2.59. The molecule has 0 radical (unpaired) electrons. The number of nitrogens with zero attached hydrogens (tertiary/aromatic N) is 3. The van der Waals surface area contributed by atoms with Gasteiger partial charge in [-0.05, 0) is 61.0 Å². The highest BCUT2D eigenvalue weighted by Gasteiger charge is 2.24. The number of aryl methyl sites for hydroxylation is 1. The molecule has 132 valence electrons. The van der Waals surface area contributed by atoms with Crippen LogP contribution in [0.3, 0.4) is 0 Å². The van der Waals surface area contributed by atoms with E-state index in [-0.39, 0.29) is 11.3 Å². The summed E-state index contributed by atoms with van der Waals surface area (Å²) in [6, 6.07) is 6.08. The zero-order valence-corrected chi connectivity index (χ0v) is 15.0. The van der Waals surface area contributed by atoms with Crippen LogP contribution in [0.1, 0.15) is 36.3 Å². The van der Waals surface area contributed by atoms with Crippen LogP contribution < -0.4 is 11.1 Å². The van der Waals surface area contributed by atoms with Crippen LogP contribution in [0.2, 0.25) is 5.28 Å². The smallest absolute Gasteiger partial charge is 0.243 e. The summed E-state index contributed by atoms with van der Waals surface area (Å²) in [4.78, 5) is 4.34. The third-order valence-corrected chi connectivity index (χ3v) is 4.94. The monoisotopic (exact) mass is 359 g/mol. The van der Waals surface area contributed by atoms with Crippen LogP contribution in [0.25, 0.3) is 5.52 Å². The van der Waals surface area contributed by atoms with E-state index >= 15 is 0 Å². The quantitative estimate of drug-likeness (QED) is 0.674. The molecule has 0 aliphatic heterocycles. The Morgan fingerprint density at radius 1 is 1.48 bits per heavy atom. The van der Waals surface area contributed by atoms with Crippen molar-refractivity contribution >= 4 is 22.9 Å². The van der Waals surface area contributed by atoms with Gasteiger partial charge < -0.3 is 15.5 Å². The summed E-state index contributed by atoms with van der Waals surface area (Å²) in [7, 11) is 0. The van der Waals surface area contributed by atoms with Crippen LogP contribution in [0.15, 0.2) is 28.9 Å². The van der Waals surface area contributed by atoms with Crippen molar-refractivity contribution in [2.75, 3.05) is 5.32 Å². The molecule has 1 aliphatic rings. The van der Waals surface area contributed by atoms with Crippen molar-refractivity contribution in [2.24, 2.45) is 11.7 Å². The molecule has 0 spiro atoms. The number of hydrogen-bond donors (Lipinski definition) is 2. The minimum Gasteiger partial charge on any atom is -0.467 e. The number of fused-ring (bicyclic) bond motifs is 1. The topological polar surface area (TPSA) is 81.4 Å². The molecule has 1 fully saturated rings. The first-order valence-corrected chi connectivity index (χ1v) is 9.04. The first kappa shape index (κ1) is 16.4. The molecule has 0 saturated heterocycles. The second-order valence-corrected chi connectivity index (χ2v) is 7.20. The standard InChI is InChI=1S/C18H22ClN5O/c1-11-13(8-14(20)7-12-4-5-12)9-16-17(22-18(19)23-24(11)16)21-10-15-3-2-6-25-15/h2-3,6,9,12,14H,4-5,7-8,10,20H2,1H3,(H,21,22,23). The molecule has 0 amide bonds. The van der Waals surface area contributed by atoms with E-state index in [1.54, 1.807) is 6.26 Å². The summed E-state index contributed by atoms with van der Waals surface area (Å²) < 4.78 is 7.21. The minimum absolute atomic E-state index is 0.187. The number of hydrogen-bond acceptors (Lipinski definition) is 5. The zero-order chi connectivity index (χ0) is 17.4. The van der Waals surface area contributed by atoms with Crippen LogP contribution in [0, 0.1) is 12.8 Å². The fourth-order valence-electron chi connectivity index (χ4n) is 3.27. The Morgan fingerprint density at radius 3 is 3.04 bits per heavy atom. The van der Waals surface area contributed by atoms with Gasteiger partial charge >= 0.3 is 0 Å². The lowest BCUT2D eigenvalue weighted by atomic mass is 10.0. The molecule has 1 unspecified atom stereocenters. The van der Waals surface area contributed by atoms with E-state index in [1.165, 1.54) is 18.4 Å². The van der Waals surface area contributed by atoms with Crippen molar-refractivity contribution in [3.8, 4) is 0 Å². The largest absolute Gasteiger partial charge is 0.467 e. The fourth-order valence-corrected chi connectivity index (χ4v) is 3.43. The molecule has 1 atom stereocenters. The molecule has 7 heteroatoms. The van der Waals surface area contributed by atoms with E-state index in [4.69, 9.17) is 21.8 Å². The third kappa shape index (κ3) is 3.65. The van der Waals surface area contributed by atoms with Crippen LogP contribution in [-0.2, 0) is 13.0 Å². The number of nitrogens with two attached hydrogens (primary N) is 1. The van der Waals surface area contributed by atoms with E-state index in [0.717, 1.165) is 35.7 Å². The molecule has 4 rings (SSSR count). The van der Waals surface area contributed by atoms with Crippen LogP contribution in [-0.4, -0.2) is 20.6 Å². The van der Waals surface area contributed by atoms with Gasteiger partial charge in [-0.1, -0.05) is 12.8 Å². The maximum atomic E-state index is 6.33. The van der Waals surface area contributed by atoms with Gasteiger partial charge in [0.15, 0.2) is 5.82 Å². The Bertz CT molecular complexity index is 869. The molecule has 25 heavy (non-hydrogen) atoms. The van der Waals surface area contributed by atoms with Crippen molar-refractivity contribution in [1.82, 2.24) is 14.6 Å². The Hall–Kier alpha value is -2.05. The maximum absolute atomic E-state index is 6.33. The predicted molar refractivity (Wildman–Crippen MR) is 97.8 cm³/mol. The van der Waals surface area contributed by atoms with Gasteiger partial charge in [-0.3, -0.25) is 0 Å². The van der Waals surface area contributed by atoms with Crippen LogP contribution in [0.5, 0.6) is 0 Å². The lowest BCUT2D eigenvalue weighted by Gasteiger charge is -2.10. The van der Waals surface area contributed by atoms with Gasteiger partial charge in [0.25, 0.3) is 0 Å². The van der Waals surface area contributed by atoms with E-state index < -0.39 is 0 Å². The summed E-state index contributed by atoms with van der Waals surface area (Å²) in [5.41, 5.74) is 9.49. The van der Waals surface area contributed by atoms with E-state index in [9.17, 15) is 0 Å². The third-order valence-electron chi connectivity index (χ3n) is 4.78. The van der Waals surface area contributed by atoms with Gasteiger partial charge in [-0.25, -0.2) is 4.52 Å². The average molecular weight is 360 g/mol. The van der Waals surface area contributed by atoms with Crippen molar-refractivity contribution in [1.29, 1.82) is 0 Å². The summed E-state index contributed by atoms with van der Waals surface area (Å²) in [6.07, 6.45) is 6.25. The first-order valence-electron chi connectivity index (χ1n) is 8.66. The molecular weight excluding hydrogens is 338 g/mol. The average Bonchev–Trinajstić information content (AvgIpc) is 3.13. The normalized spacial score (nSPS) is 15.6. The first-order chi connectivity index (χ1) is 12.1. The lowest BCUT2D eigenvalue weighted by molar-refractivity contribution is 0.518. The second kappa shape index (κ2) is 6.69. The zero-order valence-electron chi connectivity index (χ0n) is 14.2. The molecular formula is C18H22ClN5O. The Balaban J connectivity index is 1.60. The van der Waals surface area contributed by atoms with Crippen molar-refractivity contribution in [2.45, 2.75) is 45.2 Å². The number of nitrogens with one attached hydrogen (secondary N) is 1. The van der Waals surface area contributed by atoms with Gasteiger partial charge in [0.1, 0.15) is 11.3 Å². The van der Waals surface area contributed by atoms with Gasteiger partial charge in [-0.2, -0.15) is 4.98 Å². The highest BCUT2D eigenvalue weighted by Crippen LogP contribution is 2.34. The van der Waals surface area contributed by atoms with Crippen LogP contribution in [0.4, 0.5) is 5.82 Å². The van der Waals surface area contributed by atoms with E-state index in [0.29, 0.717) is 12.4 Å². The highest BCUT2D eigenvalue weighted by atomic mass is 35.5. The Morgan fingerprint density at radius 2 is 2.32 bits per heavy atom. The molecule has 3 heterocycles. The molecule has 1 aliphatic carbocycles. The van der Waals surface area contributed by atoms with Crippen molar-refractivity contribution in [3.05, 3.63) is 46.8 Å². The molecule has 3 aromatic heterocycles. The Kier molecular flexibility index (Phi) is 4.39. The molecule has 0 aromatic carbocycles. The highest BCUT2D eigenvalue weighted by molar-refractivity contribution is 6.28. The number of halogens is 1. The van der Waals surface area contributed by atoms with Gasteiger partial charge in [-0.15, -0.1) is 5.10 Å². The summed E-state index contributed by atoms with van der Waals surface area (Å²) >= 11 is 6.12. The van der Waals surface area contributed by atoms with Gasteiger partial charge in [0.2, 0.25) is 5.28 Å². The Labute approximate surface area is 151 Å².